The summed E-state index contributed by atoms with van der Waals surface area (Å²) in [6.45, 7) is 3.92. The average Bonchev–Trinajstić information content (AvgIpc) is 3.42. The quantitative estimate of drug-likeness (QED) is 0.773. The molecular weight excluding hydrogens is 334 g/mol. The number of urea groups is 1. The minimum Gasteiger partial charge on any atom is -0.334 e. The first-order valence-corrected chi connectivity index (χ1v) is 10.2. The summed E-state index contributed by atoms with van der Waals surface area (Å²) in [6, 6.07) is 18.8. The molecule has 1 unspecified atom stereocenters. The fourth-order valence-corrected chi connectivity index (χ4v) is 4.00. The van der Waals surface area contributed by atoms with Crippen molar-refractivity contribution in [2.24, 2.45) is 5.92 Å². The first-order valence-electron chi connectivity index (χ1n) is 10.2. The predicted molar refractivity (Wildman–Crippen MR) is 108 cm³/mol. The first-order chi connectivity index (χ1) is 13.3. The molecule has 1 aliphatic carbocycles. The lowest BCUT2D eigenvalue weighted by Gasteiger charge is -2.20. The van der Waals surface area contributed by atoms with Gasteiger partial charge in [-0.1, -0.05) is 54.6 Å². The second-order valence-electron chi connectivity index (χ2n) is 7.80. The maximum absolute atomic E-state index is 12.6. The molecule has 1 heterocycles. The Morgan fingerprint density at radius 2 is 1.63 bits per heavy atom. The molecule has 142 valence electrons. The van der Waals surface area contributed by atoms with Crippen molar-refractivity contribution < 1.29 is 4.79 Å². The molecule has 4 rings (SSSR count). The molecule has 1 saturated heterocycles. The van der Waals surface area contributed by atoms with E-state index in [0.717, 1.165) is 6.54 Å². The zero-order valence-electron chi connectivity index (χ0n) is 15.9. The van der Waals surface area contributed by atoms with Gasteiger partial charge in [0, 0.05) is 13.1 Å². The van der Waals surface area contributed by atoms with Crippen LogP contribution in [0.2, 0.25) is 0 Å². The van der Waals surface area contributed by atoms with Crippen LogP contribution in [0.25, 0.3) is 0 Å². The number of benzene rings is 2. The molecule has 4 heteroatoms. The number of nitrogens with zero attached hydrogens (tertiary/aromatic N) is 1. The minimum absolute atomic E-state index is 0.0771. The number of carbonyl (C=O) groups excluding carboxylic acids is 1. The van der Waals surface area contributed by atoms with Crippen molar-refractivity contribution in [2.75, 3.05) is 13.1 Å². The van der Waals surface area contributed by atoms with E-state index >= 15 is 0 Å². The van der Waals surface area contributed by atoms with E-state index in [4.69, 9.17) is 0 Å². The second kappa shape index (κ2) is 8.57. The van der Waals surface area contributed by atoms with Crippen molar-refractivity contribution in [3.05, 3.63) is 71.3 Å². The predicted octanol–water partition coefficient (Wildman–Crippen LogP) is 4.23. The zero-order valence-corrected chi connectivity index (χ0v) is 15.9. The fourth-order valence-electron chi connectivity index (χ4n) is 4.00. The van der Waals surface area contributed by atoms with Crippen LogP contribution in [0, 0.1) is 5.92 Å². The molecule has 2 aromatic carbocycles. The molecule has 0 aromatic heterocycles. The molecule has 2 amide bonds. The minimum atomic E-state index is -0.0771. The van der Waals surface area contributed by atoms with E-state index in [1.807, 2.05) is 18.2 Å². The van der Waals surface area contributed by atoms with Gasteiger partial charge in [-0.3, -0.25) is 4.90 Å². The molecule has 0 bridgehead atoms. The highest BCUT2D eigenvalue weighted by atomic mass is 16.2. The van der Waals surface area contributed by atoms with E-state index in [-0.39, 0.29) is 12.1 Å². The Morgan fingerprint density at radius 3 is 2.33 bits per heavy atom. The summed E-state index contributed by atoms with van der Waals surface area (Å²) in [4.78, 5) is 15.1. The van der Waals surface area contributed by atoms with Gasteiger partial charge in [0.05, 0.1) is 6.04 Å². The van der Waals surface area contributed by atoms with Crippen LogP contribution >= 0.6 is 0 Å². The average molecular weight is 364 g/mol. The molecule has 27 heavy (non-hydrogen) atoms. The topological polar surface area (TPSA) is 44.4 Å². The highest BCUT2D eigenvalue weighted by Gasteiger charge is 2.33. The highest BCUT2D eigenvalue weighted by Crippen LogP contribution is 2.40. The summed E-state index contributed by atoms with van der Waals surface area (Å²) in [5.74, 6) is 0.570. The van der Waals surface area contributed by atoms with Crippen molar-refractivity contribution in [3.63, 3.8) is 0 Å². The Bertz CT molecular complexity index is 751. The summed E-state index contributed by atoms with van der Waals surface area (Å²) in [5, 5.41) is 6.28. The number of likely N-dealkylation sites (tertiary alicyclic amines) is 1. The molecule has 0 radical (unpaired) electrons. The number of nitrogens with one attached hydrogen (secondary N) is 2. The lowest BCUT2D eigenvalue weighted by atomic mass is 10.0. The molecule has 0 spiro atoms. The molecule has 2 aliphatic rings. The summed E-state index contributed by atoms with van der Waals surface area (Å²) in [5.41, 5.74) is 3.73. The second-order valence-corrected chi connectivity index (χ2v) is 7.80. The van der Waals surface area contributed by atoms with Crippen molar-refractivity contribution >= 4 is 6.03 Å². The Hall–Kier alpha value is -2.33. The third-order valence-corrected chi connectivity index (χ3v) is 5.69. The number of hydrogen-bond acceptors (Lipinski definition) is 2. The van der Waals surface area contributed by atoms with Gasteiger partial charge in [0.15, 0.2) is 0 Å². The molecule has 2 aromatic rings. The number of amides is 2. The van der Waals surface area contributed by atoms with E-state index in [9.17, 15) is 4.79 Å². The summed E-state index contributed by atoms with van der Waals surface area (Å²) in [7, 11) is 0. The maximum atomic E-state index is 12.6. The molecule has 1 atom stereocenters. The highest BCUT2D eigenvalue weighted by molar-refractivity contribution is 5.74. The first kappa shape index (κ1) is 18.1. The van der Waals surface area contributed by atoms with Crippen LogP contribution in [-0.4, -0.2) is 24.0 Å². The van der Waals surface area contributed by atoms with Gasteiger partial charge in [-0.25, -0.2) is 4.79 Å². The monoisotopic (exact) mass is 363 g/mol. The van der Waals surface area contributed by atoms with Crippen molar-refractivity contribution in [1.29, 1.82) is 0 Å². The van der Waals surface area contributed by atoms with Crippen LogP contribution < -0.4 is 10.6 Å². The van der Waals surface area contributed by atoms with Gasteiger partial charge in [-0.2, -0.15) is 0 Å². The van der Waals surface area contributed by atoms with Gasteiger partial charge in [-0.15, -0.1) is 0 Å². The largest absolute Gasteiger partial charge is 0.334 e. The molecule has 1 aliphatic heterocycles. The van der Waals surface area contributed by atoms with Crippen molar-refractivity contribution in [1.82, 2.24) is 15.5 Å². The van der Waals surface area contributed by atoms with Gasteiger partial charge in [-0.05, 0) is 61.4 Å². The Labute approximate surface area is 162 Å². The maximum Gasteiger partial charge on any atom is 0.315 e. The Balaban J connectivity index is 1.35. The molecular formula is C23H29N3O. The molecule has 2 N–H and O–H groups in total. The van der Waals surface area contributed by atoms with Gasteiger partial charge < -0.3 is 10.6 Å². The van der Waals surface area contributed by atoms with E-state index < -0.39 is 0 Å². The Morgan fingerprint density at radius 1 is 0.963 bits per heavy atom. The zero-order chi connectivity index (χ0) is 18.5. The molecule has 1 saturated carbocycles. The number of carbonyl (C=O) groups is 1. The van der Waals surface area contributed by atoms with Gasteiger partial charge in [0.25, 0.3) is 0 Å². The van der Waals surface area contributed by atoms with Gasteiger partial charge >= 0.3 is 6.03 Å². The van der Waals surface area contributed by atoms with Gasteiger partial charge in [0.2, 0.25) is 0 Å². The van der Waals surface area contributed by atoms with Crippen LogP contribution in [0.15, 0.2) is 54.6 Å². The third kappa shape index (κ3) is 4.89. The van der Waals surface area contributed by atoms with Crippen molar-refractivity contribution in [3.8, 4) is 0 Å². The molecule has 2 fully saturated rings. The molecule has 4 nitrogen and oxygen atoms in total. The lowest BCUT2D eigenvalue weighted by molar-refractivity contribution is 0.235. The Kier molecular flexibility index (Phi) is 5.73. The van der Waals surface area contributed by atoms with Crippen LogP contribution in [0.4, 0.5) is 4.79 Å². The SMILES string of the molecule is O=C(NCc1ccccc1CN1CCCC1)NC(c1ccccc1)C1CC1. The standard InChI is InChI=1S/C23H29N3O/c27-23(25-22(19-12-13-19)18-8-2-1-3-9-18)24-16-20-10-4-5-11-21(20)17-26-14-6-7-15-26/h1-5,8-11,19,22H,6-7,12-17H2,(H2,24,25,27). The lowest BCUT2D eigenvalue weighted by Crippen LogP contribution is -2.38. The third-order valence-electron chi connectivity index (χ3n) is 5.69. The summed E-state index contributed by atoms with van der Waals surface area (Å²) >= 11 is 0. The van der Waals surface area contributed by atoms with Gasteiger partial charge in [0.1, 0.15) is 0 Å². The number of rotatable bonds is 7. The van der Waals surface area contributed by atoms with Crippen LogP contribution in [0.1, 0.15) is 48.4 Å². The van der Waals surface area contributed by atoms with E-state index in [2.05, 4.69) is 51.9 Å². The van der Waals surface area contributed by atoms with E-state index in [0.29, 0.717) is 12.5 Å². The van der Waals surface area contributed by atoms with Crippen LogP contribution in [-0.2, 0) is 13.1 Å². The summed E-state index contributed by atoms with van der Waals surface area (Å²) < 4.78 is 0. The van der Waals surface area contributed by atoms with Crippen LogP contribution in [0.5, 0.6) is 0 Å². The smallest absolute Gasteiger partial charge is 0.315 e. The van der Waals surface area contributed by atoms with Crippen molar-refractivity contribution in [2.45, 2.75) is 44.8 Å². The van der Waals surface area contributed by atoms with E-state index in [1.165, 1.54) is 55.5 Å². The normalized spacial score (nSPS) is 18.2. The number of hydrogen-bond donors (Lipinski definition) is 2. The summed E-state index contributed by atoms with van der Waals surface area (Å²) in [6.07, 6.45) is 4.98. The van der Waals surface area contributed by atoms with Crippen LogP contribution in [0.3, 0.4) is 0 Å². The fraction of sp³-hybridized carbons (Fsp3) is 0.435. The van der Waals surface area contributed by atoms with E-state index in [1.54, 1.807) is 0 Å².